The van der Waals surface area contributed by atoms with Gasteiger partial charge in [-0.25, -0.2) is 0 Å². The van der Waals surface area contributed by atoms with E-state index in [1.165, 1.54) is 68.0 Å². The van der Waals surface area contributed by atoms with E-state index in [0.29, 0.717) is 5.54 Å². The molecule has 2 fully saturated rings. The Kier molecular flexibility index (Phi) is 7.09. The molecule has 2 aliphatic rings. The minimum Gasteiger partial charge on any atom is -0.359 e. The van der Waals surface area contributed by atoms with Crippen LogP contribution in [0, 0.1) is 5.92 Å². The van der Waals surface area contributed by atoms with E-state index < -0.39 is 0 Å². The Labute approximate surface area is 133 Å². The Morgan fingerprint density at radius 1 is 1.35 bits per heavy atom. The van der Waals surface area contributed by atoms with E-state index in [2.05, 4.69) is 18.5 Å². The molecule has 20 heavy (non-hydrogen) atoms. The average Bonchev–Trinajstić information content (AvgIpc) is 2.80. The van der Waals surface area contributed by atoms with Crippen molar-refractivity contribution in [3.8, 4) is 0 Å². The lowest BCUT2D eigenvalue weighted by Crippen LogP contribution is -2.47. The SMILES string of the molecule is CSCCCCCCN=C1NC2(CCCC(C)C2)CS1. The fourth-order valence-corrected chi connectivity index (χ4v) is 5.10. The van der Waals surface area contributed by atoms with Crippen LogP contribution in [0.3, 0.4) is 0 Å². The summed E-state index contributed by atoms with van der Waals surface area (Å²) in [5.74, 6) is 3.43. The highest BCUT2D eigenvalue weighted by Gasteiger charge is 2.40. The number of hydrogen-bond acceptors (Lipinski definition) is 3. The van der Waals surface area contributed by atoms with E-state index in [1.54, 1.807) is 0 Å². The maximum atomic E-state index is 4.78. The Hall–Kier alpha value is 0.170. The van der Waals surface area contributed by atoms with Gasteiger partial charge in [0.05, 0.1) is 0 Å². The molecular formula is C16H30N2S2. The topological polar surface area (TPSA) is 24.4 Å². The zero-order valence-electron chi connectivity index (χ0n) is 13.1. The molecule has 0 aromatic carbocycles. The third-order valence-electron chi connectivity index (χ3n) is 4.46. The number of thioether (sulfide) groups is 2. The van der Waals surface area contributed by atoms with Crippen LogP contribution >= 0.6 is 23.5 Å². The molecule has 1 saturated heterocycles. The third kappa shape index (κ3) is 5.18. The van der Waals surface area contributed by atoms with Crippen molar-refractivity contribution < 1.29 is 0 Å². The number of rotatable bonds is 7. The van der Waals surface area contributed by atoms with Crippen LogP contribution in [0.4, 0.5) is 0 Å². The van der Waals surface area contributed by atoms with E-state index in [9.17, 15) is 0 Å². The van der Waals surface area contributed by atoms with Crippen LogP contribution in [-0.2, 0) is 0 Å². The van der Waals surface area contributed by atoms with E-state index in [-0.39, 0.29) is 0 Å². The van der Waals surface area contributed by atoms with Crippen molar-refractivity contribution in [3.63, 3.8) is 0 Å². The maximum Gasteiger partial charge on any atom is 0.157 e. The lowest BCUT2D eigenvalue weighted by atomic mass is 9.78. The summed E-state index contributed by atoms with van der Waals surface area (Å²) in [4.78, 5) is 4.78. The molecule has 1 aliphatic heterocycles. The summed E-state index contributed by atoms with van der Waals surface area (Å²) in [6, 6.07) is 0. The molecular weight excluding hydrogens is 284 g/mol. The van der Waals surface area contributed by atoms with Gasteiger partial charge in [0.15, 0.2) is 5.17 Å². The zero-order valence-corrected chi connectivity index (χ0v) is 14.8. The van der Waals surface area contributed by atoms with Crippen LogP contribution < -0.4 is 5.32 Å². The Balaban J connectivity index is 1.63. The van der Waals surface area contributed by atoms with Crippen molar-refractivity contribution in [1.82, 2.24) is 5.32 Å². The molecule has 0 aromatic rings. The van der Waals surface area contributed by atoms with Crippen molar-refractivity contribution in [1.29, 1.82) is 0 Å². The van der Waals surface area contributed by atoms with E-state index in [4.69, 9.17) is 4.99 Å². The molecule has 1 saturated carbocycles. The van der Waals surface area contributed by atoms with Gasteiger partial charge in [-0.1, -0.05) is 44.4 Å². The molecule has 2 atom stereocenters. The molecule has 1 spiro atoms. The lowest BCUT2D eigenvalue weighted by molar-refractivity contribution is 0.242. The van der Waals surface area contributed by atoms with E-state index in [1.807, 2.05) is 23.5 Å². The van der Waals surface area contributed by atoms with Gasteiger partial charge in [-0.2, -0.15) is 11.8 Å². The molecule has 0 aromatic heterocycles. The summed E-state index contributed by atoms with van der Waals surface area (Å²) in [6.07, 6.45) is 13.0. The van der Waals surface area contributed by atoms with Gasteiger partial charge in [0, 0.05) is 17.8 Å². The lowest BCUT2D eigenvalue weighted by Gasteiger charge is -2.36. The molecule has 116 valence electrons. The fourth-order valence-electron chi connectivity index (χ4n) is 3.39. The molecule has 4 heteroatoms. The molecule has 1 heterocycles. The van der Waals surface area contributed by atoms with Gasteiger partial charge in [0.2, 0.25) is 0 Å². The highest BCUT2D eigenvalue weighted by Crippen LogP contribution is 2.38. The van der Waals surface area contributed by atoms with Crippen molar-refractivity contribution in [2.45, 2.75) is 63.8 Å². The maximum absolute atomic E-state index is 4.78. The molecule has 1 aliphatic carbocycles. The first-order valence-corrected chi connectivity index (χ1v) is 10.6. The van der Waals surface area contributed by atoms with E-state index >= 15 is 0 Å². The van der Waals surface area contributed by atoms with Gasteiger partial charge in [0.25, 0.3) is 0 Å². The average molecular weight is 315 g/mol. The summed E-state index contributed by atoms with van der Waals surface area (Å²) in [6.45, 7) is 3.41. The molecule has 0 radical (unpaired) electrons. The van der Waals surface area contributed by atoms with Gasteiger partial charge >= 0.3 is 0 Å². The van der Waals surface area contributed by atoms with Crippen LogP contribution in [0.2, 0.25) is 0 Å². The standard InChI is InChI=1S/C16H30N2S2/c1-14-8-7-9-16(12-14)13-20-15(18-16)17-10-5-3-4-6-11-19-2/h14H,3-13H2,1-2H3,(H,17,18). The fraction of sp³-hybridized carbons (Fsp3) is 0.938. The van der Waals surface area contributed by atoms with Gasteiger partial charge in [-0.3, -0.25) is 4.99 Å². The minimum atomic E-state index is 0.388. The Morgan fingerprint density at radius 2 is 2.20 bits per heavy atom. The smallest absolute Gasteiger partial charge is 0.157 e. The monoisotopic (exact) mass is 314 g/mol. The molecule has 2 unspecified atom stereocenters. The summed E-state index contributed by atoms with van der Waals surface area (Å²) in [5.41, 5.74) is 0.388. The van der Waals surface area contributed by atoms with Gasteiger partial charge in [-0.15, -0.1) is 0 Å². The van der Waals surface area contributed by atoms with Gasteiger partial charge in [-0.05, 0) is 43.6 Å². The van der Waals surface area contributed by atoms with Crippen molar-refractivity contribution in [2.75, 3.05) is 24.3 Å². The largest absolute Gasteiger partial charge is 0.359 e. The summed E-state index contributed by atoms with van der Waals surface area (Å²) in [7, 11) is 0. The second-order valence-corrected chi connectivity index (χ2v) is 8.44. The van der Waals surface area contributed by atoms with E-state index in [0.717, 1.165) is 12.5 Å². The Bertz CT molecular complexity index is 320. The number of aliphatic imine (C=N–C) groups is 1. The summed E-state index contributed by atoms with van der Waals surface area (Å²) >= 11 is 3.91. The number of hydrogen-bond donors (Lipinski definition) is 1. The second-order valence-electron chi connectivity index (χ2n) is 6.49. The summed E-state index contributed by atoms with van der Waals surface area (Å²) < 4.78 is 0. The Morgan fingerprint density at radius 3 is 3.00 bits per heavy atom. The first-order chi connectivity index (χ1) is 9.74. The quantitative estimate of drug-likeness (QED) is 0.698. The highest BCUT2D eigenvalue weighted by atomic mass is 32.2. The first kappa shape index (κ1) is 16.5. The van der Waals surface area contributed by atoms with Crippen LogP contribution in [0.1, 0.15) is 58.3 Å². The molecule has 2 rings (SSSR count). The molecule has 2 nitrogen and oxygen atoms in total. The molecule has 0 amide bonds. The predicted octanol–water partition coefficient (Wildman–Crippen LogP) is 4.55. The number of unbranched alkanes of at least 4 members (excludes halogenated alkanes) is 3. The van der Waals surface area contributed by atoms with Crippen molar-refractivity contribution >= 4 is 28.7 Å². The van der Waals surface area contributed by atoms with Crippen LogP contribution in [0.5, 0.6) is 0 Å². The first-order valence-electron chi connectivity index (χ1n) is 8.18. The van der Waals surface area contributed by atoms with Crippen LogP contribution in [0.25, 0.3) is 0 Å². The third-order valence-corrected chi connectivity index (χ3v) is 6.36. The van der Waals surface area contributed by atoms with Gasteiger partial charge < -0.3 is 5.32 Å². The van der Waals surface area contributed by atoms with Gasteiger partial charge in [0.1, 0.15) is 0 Å². The highest BCUT2D eigenvalue weighted by molar-refractivity contribution is 8.14. The van der Waals surface area contributed by atoms with Crippen LogP contribution in [-0.4, -0.2) is 35.0 Å². The van der Waals surface area contributed by atoms with Crippen molar-refractivity contribution in [2.24, 2.45) is 10.9 Å². The second kappa shape index (κ2) is 8.57. The molecule has 1 N–H and O–H groups in total. The van der Waals surface area contributed by atoms with Crippen LogP contribution in [0.15, 0.2) is 4.99 Å². The zero-order chi connectivity index (χ0) is 14.3. The van der Waals surface area contributed by atoms with Crippen molar-refractivity contribution in [3.05, 3.63) is 0 Å². The number of nitrogens with zero attached hydrogens (tertiary/aromatic N) is 1. The predicted molar refractivity (Wildman–Crippen MR) is 95.1 cm³/mol. The molecule has 0 bridgehead atoms. The minimum absolute atomic E-state index is 0.388. The number of amidine groups is 1. The summed E-state index contributed by atoms with van der Waals surface area (Å²) in [5, 5.41) is 4.98. The normalized spacial score (nSPS) is 31.9. The number of nitrogens with one attached hydrogen (secondary N) is 1.